The summed E-state index contributed by atoms with van der Waals surface area (Å²) in [6.45, 7) is 0.407. The molecule has 1 saturated carbocycles. The molecule has 106 valence electrons. The Kier molecular flexibility index (Phi) is 4.02. The van der Waals surface area contributed by atoms with Crippen LogP contribution in [0.1, 0.15) is 22.3 Å². The third-order valence-corrected chi connectivity index (χ3v) is 3.37. The number of carbonyl (C=O) groups is 3. The number of amides is 2. The number of carbonyl (C=O) groups excluding carboxylic acids is 2. The zero-order valence-corrected chi connectivity index (χ0v) is 10.8. The summed E-state index contributed by atoms with van der Waals surface area (Å²) < 4.78 is 0. The van der Waals surface area contributed by atoms with Gasteiger partial charge in [-0.15, -0.1) is 0 Å². The number of aliphatic carboxylic acids is 1. The number of carboxylic acids is 1. The third kappa shape index (κ3) is 3.34. The summed E-state index contributed by atoms with van der Waals surface area (Å²) in [6, 6.07) is 6.89. The van der Waals surface area contributed by atoms with E-state index < -0.39 is 23.7 Å². The van der Waals surface area contributed by atoms with Gasteiger partial charge in [0.05, 0.1) is 11.8 Å². The largest absolute Gasteiger partial charge is 0.481 e. The fraction of sp³-hybridized carbons (Fsp3) is 0.357. The lowest BCUT2D eigenvalue weighted by atomic mass is 10.1. The lowest BCUT2D eigenvalue weighted by Crippen LogP contribution is -2.28. The van der Waals surface area contributed by atoms with Crippen molar-refractivity contribution in [3.05, 3.63) is 35.4 Å². The molecule has 1 aliphatic carbocycles. The molecule has 0 saturated heterocycles. The summed E-state index contributed by atoms with van der Waals surface area (Å²) in [5.74, 6) is -2.56. The number of primary amides is 1. The van der Waals surface area contributed by atoms with E-state index in [2.05, 4.69) is 5.32 Å². The average Bonchev–Trinajstić information content (AvgIpc) is 3.19. The van der Waals surface area contributed by atoms with Gasteiger partial charge in [0.2, 0.25) is 11.8 Å². The maximum absolute atomic E-state index is 11.6. The van der Waals surface area contributed by atoms with Gasteiger partial charge in [0.15, 0.2) is 0 Å². The van der Waals surface area contributed by atoms with Crippen LogP contribution < -0.4 is 11.1 Å². The zero-order valence-electron chi connectivity index (χ0n) is 10.8. The molecule has 0 aromatic heterocycles. The van der Waals surface area contributed by atoms with Crippen LogP contribution in [-0.4, -0.2) is 29.4 Å². The number of hydrogen-bond donors (Lipinski definition) is 3. The second kappa shape index (κ2) is 5.73. The summed E-state index contributed by atoms with van der Waals surface area (Å²) >= 11 is 0. The van der Waals surface area contributed by atoms with Crippen molar-refractivity contribution in [1.82, 2.24) is 5.32 Å². The minimum Gasteiger partial charge on any atom is -0.481 e. The van der Waals surface area contributed by atoms with E-state index in [1.165, 1.54) is 0 Å². The van der Waals surface area contributed by atoms with Crippen LogP contribution in [0.2, 0.25) is 0 Å². The van der Waals surface area contributed by atoms with E-state index >= 15 is 0 Å². The van der Waals surface area contributed by atoms with Gasteiger partial charge in [0.1, 0.15) is 0 Å². The van der Waals surface area contributed by atoms with Gasteiger partial charge in [-0.3, -0.25) is 14.4 Å². The topological polar surface area (TPSA) is 109 Å². The van der Waals surface area contributed by atoms with Crippen molar-refractivity contribution in [3.8, 4) is 0 Å². The van der Waals surface area contributed by atoms with Gasteiger partial charge in [-0.2, -0.15) is 0 Å². The third-order valence-electron chi connectivity index (χ3n) is 3.37. The van der Waals surface area contributed by atoms with Crippen molar-refractivity contribution in [1.29, 1.82) is 0 Å². The molecule has 1 fully saturated rings. The maximum atomic E-state index is 11.6. The molecular formula is C14H16N2O4. The fourth-order valence-electron chi connectivity index (χ4n) is 2.10. The molecule has 6 heteroatoms. The summed E-state index contributed by atoms with van der Waals surface area (Å²) in [4.78, 5) is 33.3. The molecule has 6 nitrogen and oxygen atoms in total. The van der Waals surface area contributed by atoms with Gasteiger partial charge in [0.25, 0.3) is 0 Å². The van der Waals surface area contributed by atoms with Crippen molar-refractivity contribution in [2.45, 2.75) is 12.8 Å². The molecule has 1 aliphatic rings. The van der Waals surface area contributed by atoms with Gasteiger partial charge in [0, 0.05) is 12.1 Å². The summed E-state index contributed by atoms with van der Waals surface area (Å²) in [7, 11) is 0. The van der Waals surface area contributed by atoms with Crippen molar-refractivity contribution in [2.75, 3.05) is 6.54 Å². The molecule has 20 heavy (non-hydrogen) atoms. The molecule has 4 N–H and O–H groups in total. The van der Waals surface area contributed by atoms with E-state index in [1.807, 2.05) is 6.07 Å². The first-order valence-corrected chi connectivity index (χ1v) is 6.38. The SMILES string of the molecule is NC(=O)c1cccc(CCNC(=O)[C@@H]2C[C@@H]2C(=O)O)c1. The fourth-order valence-corrected chi connectivity index (χ4v) is 2.10. The van der Waals surface area contributed by atoms with E-state index in [-0.39, 0.29) is 5.91 Å². The van der Waals surface area contributed by atoms with Crippen LogP contribution in [0.25, 0.3) is 0 Å². The number of benzene rings is 1. The molecule has 2 amide bonds. The summed E-state index contributed by atoms with van der Waals surface area (Å²) in [5, 5.41) is 11.4. The van der Waals surface area contributed by atoms with Crippen LogP contribution in [0.4, 0.5) is 0 Å². The van der Waals surface area contributed by atoms with E-state index in [1.54, 1.807) is 18.2 Å². The second-order valence-corrected chi connectivity index (χ2v) is 4.89. The van der Waals surface area contributed by atoms with Gasteiger partial charge >= 0.3 is 5.97 Å². The highest BCUT2D eigenvalue weighted by Crippen LogP contribution is 2.38. The molecule has 2 rings (SSSR count). The van der Waals surface area contributed by atoms with Crippen LogP contribution in [-0.2, 0) is 16.0 Å². The Morgan fingerprint density at radius 2 is 2.05 bits per heavy atom. The molecule has 0 unspecified atom stereocenters. The molecule has 1 aromatic rings. The minimum absolute atomic E-state index is 0.219. The Morgan fingerprint density at radius 1 is 1.30 bits per heavy atom. The van der Waals surface area contributed by atoms with Crippen LogP contribution in [0.5, 0.6) is 0 Å². The first-order valence-electron chi connectivity index (χ1n) is 6.38. The number of rotatable bonds is 6. The zero-order chi connectivity index (χ0) is 14.7. The highest BCUT2D eigenvalue weighted by Gasteiger charge is 2.48. The lowest BCUT2D eigenvalue weighted by Gasteiger charge is -2.05. The molecule has 0 radical (unpaired) electrons. The smallest absolute Gasteiger partial charge is 0.307 e. The van der Waals surface area contributed by atoms with E-state index in [4.69, 9.17) is 10.8 Å². The number of hydrogen-bond acceptors (Lipinski definition) is 3. The minimum atomic E-state index is -0.917. The molecule has 0 spiro atoms. The van der Waals surface area contributed by atoms with Crippen LogP contribution in [0.15, 0.2) is 24.3 Å². The van der Waals surface area contributed by atoms with E-state index in [0.29, 0.717) is 24.9 Å². The molecule has 0 aliphatic heterocycles. The van der Waals surface area contributed by atoms with Gasteiger partial charge in [-0.1, -0.05) is 12.1 Å². The van der Waals surface area contributed by atoms with Gasteiger partial charge in [-0.05, 0) is 30.5 Å². The van der Waals surface area contributed by atoms with Crippen LogP contribution >= 0.6 is 0 Å². The standard InChI is InChI=1S/C14H16N2O4/c15-12(17)9-3-1-2-8(6-9)4-5-16-13(18)10-7-11(10)14(19)20/h1-3,6,10-11H,4-5,7H2,(H2,15,17)(H,16,18)(H,19,20)/t10-,11+/m1/s1. The predicted octanol–water partition coefficient (Wildman–Crippen LogP) is 0.165. The molecule has 1 aromatic carbocycles. The van der Waals surface area contributed by atoms with Crippen molar-refractivity contribution < 1.29 is 19.5 Å². The van der Waals surface area contributed by atoms with Gasteiger partial charge < -0.3 is 16.2 Å². The monoisotopic (exact) mass is 276 g/mol. The molecule has 0 bridgehead atoms. The Hall–Kier alpha value is -2.37. The van der Waals surface area contributed by atoms with Crippen molar-refractivity contribution >= 4 is 17.8 Å². The Morgan fingerprint density at radius 3 is 2.65 bits per heavy atom. The van der Waals surface area contributed by atoms with Crippen molar-refractivity contribution in [3.63, 3.8) is 0 Å². The van der Waals surface area contributed by atoms with Gasteiger partial charge in [-0.25, -0.2) is 0 Å². The van der Waals surface area contributed by atoms with Crippen LogP contribution in [0, 0.1) is 11.8 Å². The Balaban J connectivity index is 1.79. The summed E-state index contributed by atoms with van der Waals surface area (Å²) in [5.41, 5.74) is 6.51. The molecule has 2 atom stereocenters. The normalized spacial score (nSPS) is 20.2. The Bertz CT molecular complexity index is 556. The number of carboxylic acid groups (broad SMARTS) is 1. The van der Waals surface area contributed by atoms with E-state index in [9.17, 15) is 14.4 Å². The second-order valence-electron chi connectivity index (χ2n) is 4.89. The number of nitrogens with one attached hydrogen (secondary N) is 1. The quantitative estimate of drug-likeness (QED) is 0.687. The average molecular weight is 276 g/mol. The highest BCUT2D eigenvalue weighted by atomic mass is 16.4. The Labute approximate surface area is 116 Å². The first-order chi connectivity index (χ1) is 9.49. The molecule has 0 heterocycles. The summed E-state index contributed by atoms with van der Waals surface area (Å²) in [6.07, 6.45) is 0.982. The molecular weight excluding hydrogens is 260 g/mol. The first kappa shape index (κ1) is 14.0. The lowest BCUT2D eigenvalue weighted by molar-refractivity contribution is -0.140. The predicted molar refractivity (Wildman–Crippen MR) is 70.9 cm³/mol. The van der Waals surface area contributed by atoms with Crippen molar-refractivity contribution in [2.24, 2.45) is 17.6 Å². The van der Waals surface area contributed by atoms with E-state index in [0.717, 1.165) is 5.56 Å². The van der Waals surface area contributed by atoms with Crippen LogP contribution in [0.3, 0.4) is 0 Å². The maximum Gasteiger partial charge on any atom is 0.307 e. The highest BCUT2D eigenvalue weighted by molar-refractivity contribution is 5.93. The number of nitrogens with two attached hydrogens (primary N) is 1.